The summed E-state index contributed by atoms with van der Waals surface area (Å²) in [5.41, 5.74) is 0. The van der Waals surface area contributed by atoms with Gasteiger partial charge in [0.2, 0.25) is 0 Å². The first-order valence-electron chi connectivity index (χ1n) is 3.23. The van der Waals surface area contributed by atoms with Crippen molar-refractivity contribution in [3.63, 3.8) is 0 Å². The molecule has 2 nitrogen and oxygen atoms in total. The molecule has 0 fully saturated rings. The third-order valence-corrected chi connectivity index (χ3v) is 2.98. The molecule has 0 bridgehead atoms. The molecule has 0 amide bonds. The summed E-state index contributed by atoms with van der Waals surface area (Å²) in [5.74, 6) is 3.43. The predicted molar refractivity (Wildman–Crippen MR) is 44.4 cm³/mol. The first-order chi connectivity index (χ1) is 4.91. The van der Waals surface area contributed by atoms with E-state index in [0.29, 0.717) is 11.5 Å². The molecule has 10 heavy (non-hydrogen) atoms. The quantitative estimate of drug-likeness (QED) is 0.480. The Kier molecular flexibility index (Phi) is 10.2. The molecule has 0 aliphatic carbocycles. The molecular formula is C6H12O2S2-2. The Labute approximate surface area is 70.4 Å². The van der Waals surface area contributed by atoms with Crippen LogP contribution in [0.15, 0.2) is 0 Å². The van der Waals surface area contributed by atoms with E-state index in [2.05, 4.69) is 0 Å². The lowest BCUT2D eigenvalue weighted by molar-refractivity contribution is -0.360. The number of hydrogen-bond acceptors (Lipinski definition) is 4. The minimum atomic E-state index is 0.0108. The fraction of sp³-hybridized carbons (Fsp3) is 1.00. The molecule has 0 aromatic rings. The topological polar surface area (TPSA) is 46.1 Å². The van der Waals surface area contributed by atoms with Gasteiger partial charge in [0.1, 0.15) is 0 Å². The van der Waals surface area contributed by atoms with E-state index in [4.69, 9.17) is 0 Å². The van der Waals surface area contributed by atoms with Crippen molar-refractivity contribution in [2.45, 2.75) is 0 Å². The number of rotatable bonds is 7. The van der Waals surface area contributed by atoms with Crippen molar-refractivity contribution in [2.75, 3.05) is 36.2 Å². The fourth-order valence-electron chi connectivity index (χ4n) is 0.440. The molecule has 0 spiro atoms. The highest BCUT2D eigenvalue weighted by Gasteiger charge is 1.85. The van der Waals surface area contributed by atoms with Gasteiger partial charge in [-0.1, -0.05) is 0 Å². The Bertz CT molecular complexity index is 53.7. The molecule has 0 saturated heterocycles. The third-order valence-electron chi connectivity index (χ3n) is 0.827. The first kappa shape index (κ1) is 10.6. The summed E-state index contributed by atoms with van der Waals surface area (Å²) in [6.07, 6.45) is 0. The van der Waals surface area contributed by atoms with Crippen LogP contribution >= 0.6 is 23.5 Å². The standard InChI is InChI=1S/C6H12O2S2/c7-1-3-9-5-6-10-4-2-8/h1-6H2/q-2. The van der Waals surface area contributed by atoms with Crippen LogP contribution in [-0.4, -0.2) is 36.2 Å². The van der Waals surface area contributed by atoms with E-state index in [1.54, 1.807) is 23.5 Å². The molecule has 0 atom stereocenters. The van der Waals surface area contributed by atoms with Gasteiger partial charge < -0.3 is 10.2 Å². The van der Waals surface area contributed by atoms with E-state index < -0.39 is 0 Å². The second-order valence-electron chi connectivity index (χ2n) is 1.63. The number of hydrogen-bond donors (Lipinski definition) is 0. The molecule has 0 radical (unpaired) electrons. The second kappa shape index (κ2) is 9.62. The lowest BCUT2D eigenvalue weighted by atomic mass is 10.9. The summed E-state index contributed by atoms with van der Waals surface area (Å²) in [7, 11) is 0. The normalized spacial score (nSPS) is 10.2. The molecule has 0 N–H and O–H groups in total. The van der Waals surface area contributed by atoms with Gasteiger partial charge in [0.25, 0.3) is 0 Å². The molecule has 0 rings (SSSR count). The average molecular weight is 180 g/mol. The maximum Gasteiger partial charge on any atom is 0.00230 e. The summed E-state index contributed by atoms with van der Waals surface area (Å²) in [5, 5.41) is 19.9. The molecule has 0 aromatic carbocycles. The van der Waals surface area contributed by atoms with Crippen molar-refractivity contribution >= 4 is 23.5 Å². The predicted octanol–water partition coefficient (Wildman–Crippen LogP) is -0.827. The molecule has 0 saturated carbocycles. The molecule has 4 heteroatoms. The van der Waals surface area contributed by atoms with E-state index in [-0.39, 0.29) is 13.2 Å². The van der Waals surface area contributed by atoms with Crippen LogP contribution < -0.4 is 10.2 Å². The van der Waals surface area contributed by atoms with E-state index in [1.165, 1.54) is 0 Å². The number of thioether (sulfide) groups is 2. The molecule has 0 aliphatic rings. The van der Waals surface area contributed by atoms with Crippen molar-refractivity contribution in [3.05, 3.63) is 0 Å². The third kappa shape index (κ3) is 8.62. The van der Waals surface area contributed by atoms with Crippen LogP contribution in [0.2, 0.25) is 0 Å². The molecule has 0 aliphatic heterocycles. The highest BCUT2D eigenvalue weighted by atomic mass is 32.2. The van der Waals surface area contributed by atoms with E-state index in [0.717, 1.165) is 11.5 Å². The first-order valence-corrected chi connectivity index (χ1v) is 5.54. The van der Waals surface area contributed by atoms with Crippen molar-refractivity contribution < 1.29 is 10.2 Å². The van der Waals surface area contributed by atoms with Gasteiger partial charge in [-0.2, -0.15) is 23.5 Å². The van der Waals surface area contributed by atoms with Crippen LogP contribution in [-0.2, 0) is 0 Å². The zero-order chi connectivity index (χ0) is 7.66. The van der Waals surface area contributed by atoms with Gasteiger partial charge in [-0.3, -0.25) is 0 Å². The van der Waals surface area contributed by atoms with Crippen molar-refractivity contribution in [1.29, 1.82) is 0 Å². The van der Waals surface area contributed by atoms with Crippen LogP contribution in [0.4, 0.5) is 0 Å². The van der Waals surface area contributed by atoms with Gasteiger partial charge in [0, 0.05) is 11.5 Å². The molecule has 62 valence electrons. The molecule has 0 heterocycles. The SMILES string of the molecule is [O-]CCSCCSCC[O-]. The van der Waals surface area contributed by atoms with E-state index >= 15 is 0 Å². The largest absolute Gasteiger partial charge is 0.854 e. The molecular weight excluding hydrogens is 168 g/mol. The Hall–Kier alpha value is 0.620. The summed E-state index contributed by atoms with van der Waals surface area (Å²) >= 11 is 3.34. The van der Waals surface area contributed by atoms with Crippen molar-refractivity contribution in [1.82, 2.24) is 0 Å². The Balaban J connectivity index is 2.65. The maximum absolute atomic E-state index is 9.94. The zero-order valence-corrected chi connectivity index (χ0v) is 7.51. The summed E-state index contributed by atoms with van der Waals surface area (Å²) < 4.78 is 0. The summed E-state index contributed by atoms with van der Waals surface area (Å²) in [6, 6.07) is 0. The van der Waals surface area contributed by atoms with E-state index in [1.807, 2.05) is 0 Å². The smallest absolute Gasteiger partial charge is 0.00230 e. The Morgan fingerprint density at radius 2 is 1.10 bits per heavy atom. The lowest BCUT2D eigenvalue weighted by Crippen LogP contribution is -2.09. The zero-order valence-electron chi connectivity index (χ0n) is 5.88. The monoisotopic (exact) mass is 180 g/mol. The second-order valence-corrected chi connectivity index (χ2v) is 4.08. The fourth-order valence-corrected chi connectivity index (χ4v) is 2.03. The van der Waals surface area contributed by atoms with Crippen LogP contribution in [0.25, 0.3) is 0 Å². The van der Waals surface area contributed by atoms with Gasteiger partial charge in [-0.25, -0.2) is 0 Å². The van der Waals surface area contributed by atoms with Gasteiger partial charge in [-0.15, -0.1) is 13.2 Å². The maximum atomic E-state index is 9.94. The van der Waals surface area contributed by atoms with Gasteiger partial charge in [0.05, 0.1) is 0 Å². The Morgan fingerprint density at radius 1 is 0.700 bits per heavy atom. The van der Waals surface area contributed by atoms with Gasteiger partial charge in [0.15, 0.2) is 0 Å². The Morgan fingerprint density at radius 3 is 1.40 bits per heavy atom. The highest BCUT2D eigenvalue weighted by Crippen LogP contribution is 2.04. The van der Waals surface area contributed by atoms with Gasteiger partial charge in [-0.05, 0) is 11.5 Å². The van der Waals surface area contributed by atoms with Crippen LogP contribution in [0.1, 0.15) is 0 Å². The summed E-state index contributed by atoms with van der Waals surface area (Å²) in [6.45, 7) is 0.0216. The van der Waals surface area contributed by atoms with Crippen molar-refractivity contribution in [3.8, 4) is 0 Å². The molecule has 0 unspecified atom stereocenters. The van der Waals surface area contributed by atoms with Gasteiger partial charge >= 0.3 is 0 Å². The molecule has 0 aromatic heterocycles. The average Bonchev–Trinajstić information content (AvgIpc) is 1.97. The minimum Gasteiger partial charge on any atom is -0.854 e. The van der Waals surface area contributed by atoms with Crippen LogP contribution in [0.3, 0.4) is 0 Å². The highest BCUT2D eigenvalue weighted by molar-refractivity contribution is 8.02. The minimum absolute atomic E-state index is 0.0108. The van der Waals surface area contributed by atoms with Crippen LogP contribution in [0, 0.1) is 0 Å². The lowest BCUT2D eigenvalue weighted by Gasteiger charge is -2.04. The van der Waals surface area contributed by atoms with Crippen molar-refractivity contribution in [2.24, 2.45) is 0 Å². The van der Waals surface area contributed by atoms with E-state index in [9.17, 15) is 10.2 Å². The van der Waals surface area contributed by atoms with Crippen LogP contribution in [0.5, 0.6) is 0 Å². The summed E-state index contributed by atoms with van der Waals surface area (Å²) in [4.78, 5) is 0.